The van der Waals surface area contributed by atoms with Crippen LogP contribution in [0.4, 0.5) is 0 Å². The molecule has 0 N–H and O–H groups in total. The highest BCUT2D eigenvalue weighted by Gasteiger charge is 2.54. The van der Waals surface area contributed by atoms with Gasteiger partial charge in [0.15, 0.2) is 5.75 Å². The summed E-state index contributed by atoms with van der Waals surface area (Å²) in [6, 6.07) is 26.0. The Morgan fingerprint density at radius 3 is 2.87 bits per heavy atom. The summed E-state index contributed by atoms with van der Waals surface area (Å²) in [6.45, 7) is 0. The van der Waals surface area contributed by atoms with Crippen LogP contribution in [0.5, 0.6) is 11.5 Å². The van der Waals surface area contributed by atoms with Crippen molar-refractivity contribution in [3.63, 3.8) is 0 Å². The molecule has 0 amide bonds. The van der Waals surface area contributed by atoms with Crippen molar-refractivity contribution in [3.8, 4) is 11.5 Å². The van der Waals surface area contributed by atoms with Crippen molar-refractivity contribution in [2.45, 2.75) is 31.1 Å². The molecular formula is C29H19BrO. The van der Waals surface area contributed by atoms with Crippen LogP contribution in [0.25, 0.3) is 5.57 Å². The SMILES string of the molecule is Brc1ccc2c(c1)C1(C3=C(CCC=C3)C3=C1CCc1ccccc13)c1ccc#cc1O2. The van der Waals surface area contributed by atoms with E-state index >= 15 is 0 Å². The smallest absolute Gasteiger partial charge is 0.182 e. The molecule has 3 aliphatic carbocycles. The fraction of sp³-hybridized carbons (Fsp3) is 0.172. The van der Waals surface area contributed by atoms with Crippen LogP contribution in [0.15, 0.2) is 87.9 Å². The first-order valence-corrected chi connectivity index (χ1v) is 11.7. The lowest BCUT2D eigenvalue weighted by Gasteiger charge is -2.42. The van der Waals surface area contributed by atoms with Crippen LogP contribution in [0, 0.1) is 12.1 Å². The molecule has 4 aliphatic rings. The Labute approximate surface area is 190 Å². The highest BCUT2D eigenvalue weighted by Crippen LogP contribution is 2.65. The van der Waals surface area contributed by atoms with Gasteiger partial charge in [0.1, 0.15) is 5.75 Å². The molecule has 0 saturated heterocycles. The van der Waals surface area contributed by atoms with Crippen LogP contribution in [0.1, 0.15) is 41.5 Å². The Morgan fingerprint density at radius 1 is 0.968 bits per heavy atom. The van der Waals surface area contributed by atoms with Crippen LogP contribution >= 0.6 is 15.9 Å². The van der Waals surface area contributed by atoms with Crippen LogP contribution in [0.2, 0.25) is 0 Å². The predicted octanol–water partition coefficient (Wildman–Crippen LogP) is 7.50. The van der Waals surface area contributed by atoms with Gasteiger partial charge in [0.25, 0.3) is 0 Å². The first kappa shape index (κ1) is 17.6. The summed E-state index contributed by atoms with van der Waals surface area (Å²) in [7, 11) is 0. The summed E-state index contributed by atoms with van der Waals surface area (Å²) in [5.41, 5.74) is 10.9. The molecular weight excluding hydrogens is 444 g/mol. The van der Waals surface area contributed by atoms with E-state index in [9.17, 15) is 0 Å². The quantitative estimate of drug-likeness (QED) is 0.335. The maximum absolute atomic E-state index is 6.37. The van der Waals surface area contributed by atoms with Crippen LogP contribution < -0.4 is 4.74 Å². The molecule has 1 heterocycles. The number of benzene rings is 2. The minimum atomic E-state index is -0.326. The molecule has 3 aromatic carbocycles. The molecule has 0 radical (unpaired) electrons. The minimum absolute atomic E-state index is 0.326. The van der Waals surface area contributed by atoms with Gasteiger partial charge < -0.3 is 4.74 Å². The number of hydrogen-bond donors (Lipinski definition) is 0. The van der Waals surface area contributed by atoms with Gasteiger partial charge in [-0.15, -0.1) is 0 Å². The summed E-state index contributed by atoms with van der Waals surface area (Å²) < 4.78 is 7.45. The van der Waals surface area contributed by atoms with E-state index in [4.69, 9.17) is 4.74 Å². The molecule has 1 nitrogen and oxygen atoms in total. The van der Waals surface area contributed by atoms with Gasteiger partial charge in [-0.2, -0.15) is 0 Å². The van der Waals surface area contributed by atoms with Crippen molar-refractivity contribution in [3.05, 3.63) is 122 Å². The molecule has 2 heteroatoms. The van der Waals surface area contributed by atoms with Crippen molar-refractivity contribution in [1.82, 2.24) is 0 Å². The average molecular weight is 463 g/mol. The molecule has 0 fully saturated rings. The van der Waals surface area contributed by atoms with Crippen molar-refractivity contribution in [2.75, 3.05) is 0 Å². The normalized spacial score (nSPS) is 22.2. The van der Waals surface area contributed by atoms with Gasteiger partial charge in [-0.05, 0) is 95.5 Å². The van der Waals surface area contributed by atoms with E-state index < -0.39 is 0 Å². The molecule has 1 spiro atoms. The third kappa shape index (κ3) is 2.17. The van der Waals surface area contributed by atoms with Gasteiger partial charge in [-0.1, -0.05) is 58.4 Å². The van der Waals surface area contributed by atoms with Crippen molar-refractivity contribution >= 4 is 21.5 Å². The topological polar surface area (TPSA) is 9.23 Å². The number of rotatable bonds is 0. The van der Waals surface area contributed by atoms with Gasteiger partial charge >= 0.3 is 0 Å². The number of aryl methyl sites for hydroxylation is 1. The maximum Gasteiger partial charge on any atom is 0.182 e. The summed E-state index contributed by atoms with van der Waals surface area (Å²) in [5, 5.41) is 0. The first-order chi connectivity index (χ1) is 15.3. The zero-order valence-corrected chi connectivity index (χ0v) is 18.6. The zero-order chi connectivity index (χ0) is 20.6. The lowest BCUT2D eigenvalue weighted by Crippen LogP contribution is -2.34. The fourth-order valence-corrected chi connectivity index (χ4v) is 6.55. The Balaban J connectivity index is 1.67. The molecule has 0 aromatic heterocycles. The standard InChI is InChI=1S/C29H19BrO/c30-19-14-16-27-25(17-19)29(23-11-5-6-12-26(23)31-27)22-10-4-3-9-21(22)28-20-8-2-1-7-18(20)13-15-24(28)29/h1-2,4-5,7-8,10-11,14,16-17H,3,9,13,15H2. The summed E-state index contributed by atoms with van der Waals surface area (Å²) >= 11 is 3.74. The van der Waals surface area contributed by atoms with Crippen molar-refractivity contribution < 1.29 is 4.74 Å². The zero-order valence-electron chi connectivity index (χ0n) is 17.0. The fourth-order valence-electron chi connectivity index (χ4n) is 6.19. The second-order valence-corrected chi connectivity index (χ2v) is 9.60. The molecule has 1 aliphatic heterocycles. The van der Waals surface area contributed by atoms with Gasteiger partial charge in [0.05, 0.1) is 5.41 Å². The van der Waals surface area contributed by atoms with Gasteiger partial charge in [0, 0.05) is 15.6 Å². The third-order valence-electron chi connectivity index (χ3n) is 7.29. The molecule has 0 saturated carbocycles. The molecule has 0 bridgehead atoms. The summed E-state index contributed by atoms with van der Waals surface area (Å²) in [6.07, 6.45) is 9.04. The van der Waals surface area contributed by atoms with E-state index in [1.54, 1.807) is 0 Å². The Morgan fingerprint density at radius 2 is 1.90 bits per heavy atom. The number of ether oxygens (including phenoxy) is 1. The molecule has 3 aromatic rings. The molecule has 31 heavy (non-hydrogen) atoms. The second kappa shape index (κ2) is 6.25. The summed E-state index contributed by atoms with van der Waals surface area (Å²) in [5.74, 6) is 1.72. The van der Waals surface area contributed by atoms with E-state index in [1.807, 2.05) is 6.07 Å². The van der Waals surface area contributed by atoms with Crippen LogP contribution in [0.3, 0.4) is 0 Å². The molecule has 7 rings (SSSR count). The Bertz CT molecular complexity index is 1370. The number of fused-ring (bicyclic) bond motifs is 9. The van der Waals surface area contributed by atoms with E-state index in [0.29, 0.717) is 0 Å². The molecule has 148 valence electrons. The van der Waals surface area contributed by atoms with Gasteiger partial charge in [-0.3, -0.25) is 0 Å². The highest BCUT2D eigenvalue weighted by molar-refractivity contribution is 9.10. The maximum atomic E-state index is 6.37. The van der Waals surface area contributed by atoms with Crippen LogP contribution in [-0.2, 0) is 11.8 Å². The van der Waals surface area contributed by atoms with Gasteiger partial charge in [-0.25, -0.2) is 0 Å². The molecule has 1 atom stereocenters. The Kier molecular flexibility index (Phi) is 3.56. The monoisotopic (exact) mass is 462 g/mol. The average Bonchev–Trinajstić information content (AvgIpc) is 3.11. The lowest BCUT2D eigenvalue weighted by atomic mass is 9.62. The number of halogens is 1. The minimum Gasteiger partial charge on any atom is -0.448 e. The van der Waals surface area contributed by atoms with Crippen molar-refractivity contribution in [1.29, 1.82) is 0 Å². The number of hydrogen-bond acceptors (Lipinski definition) is 1. The van der Waals surface area contributed by atoms with Gasteiger partial charge in [0.2, 0.25) is 0 Å². The van der Waals surface area contributed by atoms with E-state index in [-0.39, 0.29) is 5.41 Å². The van der Waals surface area contributed by atoms with E-state index in [1.165, 1.54) is 44.5 Å². The number of allylic oxidation sites excluding steroid dienone is 6. The van der Waals surface area contributed by atoms with Crippen molar-refractivity contribution in [2.24, 2.45) is 0 Å². The van der Waals surface area contributed by atoms with E-state index in [0.717, 1.165) is 41.7 Å². The highest BCUT2D eigenvalue weighted by atomic mass is 79.9. The largest absolute Gasteiger partial charge is 0.448 e. The van der Waals surface area contributed by atoms with E-state index in [2.05, 4.69) is 88.7 Å². The molecule has 1 unspecified atom stereocenters. The lowest BCUT2D eigenvalue weighted by molar-refractivity contribution is 0.431. The predicted molar refractivity (Wildman–Crippen MR) is 126 cm³/mol. The Hall–Kier alpha value is -3.02. The third-order valence-corrected chi connectivity index (χ3v) is 7.78. The first-order valence-electron chi connectivity index (χ1n) is 10.9. The van der Waals surface area contributed by atoms with Crippen LogP contribution in [-0.4, -0.2) is 0 Å². The second-order valence-electron chi connectivity index (χ2n) is 8.68. The summed E-state index contributed by atoms with van der Waals surface area (Å²) in [4.78, 5) is 0.